The van der Waals surface area contributed by atoms with E-state index in [0.717, 1.165) is 6.54 Å². The van der Waals surface area contributed by atoms with E-state index in [4.69, 9.17) is 0 Å². The first kappa shape index (κ1) is 13.1. The lowest BCUT2D eigenvalue weighted by Gasteiger charge is -2.23. The summed E-state index contributed by atoms with van der Waals surface area (Å²) in [6, 6.07) is 5.21. The lowest BCUT2D eigenvalue weighted by atomic mass is 10.2. The molecule has 2 aliphatic rings. The van der Waals surface area contributed by atoms with Crippen LogP contribution in [0.4, 0.5) is 0 Å². The van der Waals surface area contributed by atoms with E-state index in [1.807, 2.05) is 11.3 Å². The molecule has 0 aromatic carbocycles. The van der Waals surface area contributed by atoms with Crippen LogP contribution >= 0.6 is 11.3 Å². The minimum absolute atomic E-state index is 0.218. The van der Waals surface area contributed by atoms with Crippen molar-refractivity contribution in [3.63, 3.8) is 0 Å². The summed E-state index contributed by atoms with van der Waals surface area (Å²) >= 11 is 1.81. The zero-order valence-corrected chi connectivity index (χ0v) is 12.1. The molecule has 1 unspecified atom stereocenters. The van der Waals surface area contributed by atoms with Gasteiger partial charge in [-0.15, -0.1) is 11.3 Å². The molecular formula is C15H22N2OS. The van der Waals surface area contributed by atoms with Crippen molar-refractivity contribution < 1.29 is 4.79 Å². The molecule has 1 amide bonds. The van der Waals surface area contributed by atoms with Crippen LogP contribution in [0, 0.1) is 0 Å². The molecule has 0 radical (unpaired) electrons. The van der Waals surface area contributed by atoms with Gasteiger partial charge >= 0.3 is 0 Å². The molecule has 0 bridgehead atoms. The number of nitrogens with one attached hydrogen (secondary N) is 1. The number of likely N-dealkylation sites (tertiary alicyclic amines) is 1. The Hall–Kier alpha value is -0.870. The van der Waals surface area contributed by atoms with E-state index in [2.05, 4.69) is 27.7 Å². The monoisotopic (exact) mass is 278 g/mol. The molecule has 1 aromatic heterocycles. The van der Waals surface area contributed by atoms with Crippen LogP contribution in [0.3, 0.4) is 0 Å². The minimum Gasteiger partial charge on any atom is -0.352 e. The van der Waals surface area contributed by atoms with Crippen molar-refractivity contribution in [2.24, 2.45) is 0 Å². The molecule has 1 aromatic rings. The molecule has 1 N–H and O–H groups in total. The highest BCUT2D eigenvalue weighted by Crippen LogP contribution is 2.34. The van der Waals surface area contributed by atoms with Crippen LogP contribution in [0.2, 0.25) is 0 Å². The Morgan fingerprint density at radius 2 is 2.16 bits per heavy atom. The van der Waals surface area contributed by atoms with Gasteiger partial charge in [-0.1, -0.05) is 18.9 Å². The zero-order valence-electron chi connectivity index (χ0n) is 11.3. The van der Waals surface area contributed by atoms with Crippen LogP contribution in [-0.4, -0.2) is 29.9 Å². The summed E-state index contributed by atoms with van der Waals surface area (Å²) in [6.45, 7) is 1.62. The molecule has 2 heterocycles. The Balaban J connectivity index is 1.54. The molecule has 1 aliphatic heterocycles. The highest BCUT2D eigenvalue weighted by atomic mass is 32.1. The summed E-state index contributed by atoms with van der Waals surface area (Å²) in [6.07, 6.45) is 7.27. The van der Waals surface area contributed by atoms with E-state index in [9.17, 15) is 4.79 Å². The van der Waals surface area contributed by atoms with Crippen molar-refractivity contribution in [3.05, 3.63) is 22.4 Å². The van der Waals surface area contributed by atoms with Crippen LogP contribution in [0.25, 0.3) is 0 Å². The van der Waals surface area contributed by atoms with Gasteiger partial charge in [0, 0.05) is 17.0 Å². The Morgan fingerprint density at radius 1 is 1.32 bits per heavy atom. The van der Waals surface area contributed by atoms with E-state index in [1.54, 1.807) is 0 Å². The molecule has 1 saturated carbocycles. The van der Waals surface area contributed by atoms with Gasteiger partial charge in [-0.05, 0) is 43.7 Å². The summed E-state index contributed by atoms with van der Waals surface area (Å²) in [5.41, 5.74) is 0. The summed E-state index contributed by atoms with van der Waals surface area (Å²) in [7, 11) is 0. The van der Waals surface area contributed by atoms with Gasteiger partial charge < -0.3 is 5.32 Å². The van der Waals surface area contributed by atoms with Crippen molar-refractivity contribution >= 4 is 17.2 Å². The molecule has 19 heavy (non-hydrogen) atoms. The number of amides is 1. The number of nitrogens with zero attached hydrogens (tertiary/aromatic N) is 1. The largest absolute Gasteiger partial charge is 0.352 e. The SMILES string of the molecule is O=C(CN1CCCC1c1cccs1)NC1CCCC1. The third-order valence-corrected chi connectivity index (χ3v) is 5.28. The molecule has 3 nitrogen and oxygen atoms in total. The molecular weight excluding hydrogens is 256 g/mol. The van der Waals surface area contributed by atoms with Gasteiger partial charge in [-0.3, -0.25) is 9.69 Å². The van der Waals surface area contributed by atoms with Crippen molar-refractivity contribution in [1.82, 2.24) is 10.2 Å². The number of rotatable bonds is 4. The first-order valence-electron chi connectivity index (χ1n) is 7.40. The first-order valence-corrected chi connectivity index (χ1v) is 8.28. The van der Waals surface area contributed by atoms with E-state index in [0.29, 0.717) is 18.6 Å². The quantitative estimate of drug-likeness (QED) is 0.918. The predicted molar refractivity (Wildman–Crippen MR) is 78.3 cm³/mol. The fourth-order valence-electron chi connectivity index (χ4n) is 3.35. The first-order chi connectivity index (χ1) is 9.33. The molecule has 0 spiro atoms. The summed E-state index contributed by atoms with van der Waals surface area (Å²) < 4.78 is 0. The second-order valence-corrected chi connectivity index (χ2v) is 6.67. The van der Waals surface area contributed by atoms with Crippen molar-refractivity contribution in [3.8, 4) is 0 Å². The van der Waals surface area contributed by atoms with E-state index >= 15 is 0 Å². The van der Waals surface area contributed by atoms with Gasteiger partial charge in [0.1, 0.15) is 0 Å². The normalized spacial score (nSPS) is 24.9. The third-order valence-electron chi connectivity index (χ3n) is 4.30. The van der Waals surface area contributed by atoms with E-state index < -0.39 is 0 Å². The van der Waals surface area contributed by atoms with Crippen molar-refractivity contribution in [2.75, 3.05) is 13.1 Å². The summed E-state index contributed by atoms with van der Waals surface area (Å²) in [5, 5.41) is 5.32. The van der Waals surface area contributed by atoms with Crippen LogP contribution < -0.4 is 5.32 Å². The van der Waals surface area contributed by atoms with Gasteiger partial charge in [0.2, 0.25) is 5.91 Å². The Morgan fingerprint density at radius 3 is 2.89 bits per heavy atom. The second-order valence-electron chi connectivity index (χ2n) is 5.69. The van der Waals surface area contributed by atoms with Crippen molar-refractivity contribution in [1.29, 1.82) is 0 Å². The number of carbonyl (C=O) groups excluding carboxylic acids is 1. The average Bonchev–Trinajstić information content (AvgIpc) is 3.09. The Labute approximate surface area is 119 Å². The lowest BCUT2D eigenvalue weighted by molar-refractivity contribution is -0.123. The Bertz CT molecular complexity index is 412. The van der Waals surface area contributed by atoms with Crippen LogP contribution in [0.1, 0.15) is 49.4 Å². The van der Waals surface area contributed by atoms with Gasteiger partial charge in [0.25, 0.3) is 0 Å². The zero-order chi connectivity index (χ0) is 13.1. The van der Waals surface area contributed by atoms with Crippen LogP contribution in [0.5, 0.6) is 0 Å². The van der Waals surface area contributed by atoms with Gasteiger partial charge in [-0.25, -0.2) is 0 Å². The van der Waals surface area contributed by atoms with Gasteiger partial charge in [-0.2, -0.15) is 0 Å². The van der Waals surface area contributed by atoms with E-state index in [1.165, 1.54) is 43.4 Å². The summed E-state index contributed by atoms with van der Waals surface area (Å²) in [4.78, 5) is 15.9. The highest BCUT2D eigenvalue weighted by Gasteiger charge is 2.28. The third kappa shape index (κ3) is 3.18. The molecule has 1 aliphatic carbocycles. The highest BCUT2D eigenvalue weighted by molar-refractivity contribution is 7.10. The minimum atomic E-state index is 0.218. The van der Waals surface area contributed by atoms with Gasteiger partial charge in [0.05, 0.1) is 6.54 Å². The smallest absolute Gasteiger partial charge is 0.234 e. The average molecular weight is 278 g/mol. The number of thiophene rings is 1. The second kappa shape index (κ2) is 6.06. The lowest BCUT2D eigenvalue weighted by Crippen LogP contribution is -2.40. The maximum absolute atomic E-state index is 12.1. The van der Waals surface area contributed by atoms with Gasteiger partial charge in [0.15, 0.2) is 0 Å². The number of hydrogen-bond donors (Lipinski definition) is 1. The molecule has 1 saturated heterocycles. The fourth-order valence-corrected chi connectivity index (χ4v) is 4.24. The molecule has 1 atom stereocenters. The van der Waals surface area contributed by atoms with E-state index in [-0.39, 0.29) is 5.91 Å². The fraction of sp³-hybridized carbons (Fsp3) is 0.667. The number of hydrogen-bond acceptors (Lipinski definition) is 3. The molecule has 2 fully saturated rings. The number of carbonyl (C=O) groups is 1. The molecule has 4 heteroatoms. The molecule has 104 valence electrons. The van der Waals surface area contributed by atoms with Crippen molar-refractivity contribution in [2.45, 2.75) is 50.6 Å². The topological polar surface area (TPSA) is 32.3 Å². The standard InChI is InChI=1S/C15H22N2OS/c18-15(16-12-5-1-2-6-12)11-17-9-3-7-13(17)14-8-4-10-19-14/h4,8,10,12-13H,1-3,5-7,9,11H2,(H,16,18). The maximum atomic E-state index is 12.1. The van der Waals surface area contributed by atoms with Crippen LogP contribution in [-0.2, 0) is 4.79 Å². The van der Waals surface area contributed by atoms with Crippen LogP contribution in [0.15, 0.2) is 17.5 Å². The predicted octanol–water partition coefficient (Wildman–Crippen LogP) is 2.94. The summed E-state index contributed by atoms with van der Waals surface area (Å²) in [5.74, 6) is 0.218. The Kier molecular flexibility index (Phi) is 4.18. The maximum Gasteiger partial charge on any atom is 0.234 e. The molecule has 3 rings (SSSR count).